The predicted molar refractivity (Wildman–Crippen MR) is 101 cm³/mol. The van der Waals surface area contributed by atoms with E-state index in [1.807, 2.05) is 0 Å². The third-order valence-electron chi connectivity index (χ3n) is 6.05. The first-order valence-electron chi connectivity index (χ1n) is 9.33. The molecule has 0 unspecified atom stereocenters. The number of esters is 1. The zero-order valence-electron chi connectivity index (χ0n) is 16.0. The normalized spacial score (nSPS) is 31.8. The Labute approximate surface area is 155 Å². The summed E-state index contributed by atoms with van der Waals surface area (Å²) in [6, 6.07) is 4.96. The van der Waals surface area contributed by atoms with Crippen LogP contribution in [0.15, 0.2) is 24.3 Å². The Hall–Kier alpha value is -2.01. The van der Waals surface area contributed by atoms with Gasteiger partial charge >= 0.3 is 5.97 Å². The Morgan fingerprint density at radius 1 is 1.27 bits per heavy atom. The second-order valence-corrected chi connectivity index (χ2v) is 7.86. The van der Waals surface area contributed by atoms with Gasteiger partial charge in [-0.1, -0.05) is 19.9 Å². The second-order valence-electron chi connectivity index (χ2n) is 7.86. The Bertz CT molecular complexity index is 687. The van der Waals surface area contributed by atoms with Gasteiger partial charge in [-0.25, -0.2) is 4.79 Å². The van der Waals surface area contributed by atoms with E-state index in [2.05, 4.69) is 25.8 Å². The van der Waals surface area contributed by atoms with Crippen molar-refractivity contribution in [2.24, 2.45) is 23.7 Å². The number of methoxy groups -OCH3 is 1. The number of fused-ring (bicyclic) bond motifs is 1. The van der Waals surface area contributed by atoms with E-state index in [9.17, 15) is 9.90 Å². The van der Waals surface area contributed by atoms with E-state index in [1.165, 1.54) is 13.2 Å². The molecule has 5 nitrogen and oxygen atoms in total. The van der Waals surface area contributed by atoms with Crippen LogP contribution in [0.25, 0.3) is 6.08 Å². The first-order chi connectivity index (χ1) is 12.4. The predicted octanol–water partition coefficient (Wildman–Crippen LogP) is 3.18. The number of phenols is 1. The zero-order chi connectivity index (χ0) is 18.8. The van der Waals surface area contributed by atoms with Crippen LogP contribution in [0, 0.1) is 23.7 Å². The van der Waals surface area contributed by atoms with Crippen LogP contribution >= 0.6 is 0 Å². The topological polar surface area (TPSA) is 59.0 Å². The summed E-state index contributed by atoms with van der Waals surface area (Å²) in [5.41, 5.74) is 0.778. The Morgan fingerprint density at radius 3 is 2.77 bits per heavy atom. The average Bonchev–Trinajstić information content (AvgIpc) is 2.91. The highest BCUT2D eigenvalue weighted by Gasteiger charge is 2.47. The molecule has 1 heterocycles. The molecular weight excluding hydrogens is 330 g/mol. The average molecular weight is 359 g/mol. The number of hydrogen-bond acceptors (Lipinski definition) is 5. The largest absolute Gasteiger partial charge is 0.504 e. The zero-order valence-corrected chi connectivity index (χ0v) is 16.0. The first-order valence-corrected chi connectivity index (χ1v) is 9.33. The molecule has 0 spiro atoms. The summed E-state index contributed by atoms with van der Waals surface area (Å²) in [6.07, 6.45) is 4.10. The molecule has 0 radical (unpaired) electrons. The monoisotopic (exact) mass is 359 g/mol. The lowest BCUT2D eigenvalue weighted by Gasteiger charge is -2.38. The number of benzene rings is 1. The number of aromatic hydroxyl groups is 1. The van der Waals surface area contributed by atoms with Crippen molar-refractivity contribution in [2.45, 2.75) is 26.4 Å². The lowest BCUT2D eigenvalue weighted by molar-refractivity contribution is -0.144. The van der Waals surface area contributed by atoms with E-state index in [1.54, 1.807) is 24.3 Å². The summed E-state index contributed by atoms with van der Waals surface area (Å²) in [5, 5.41) is 9.63. The first kappa shape index (κ1) is 18.8. The van der Waals surface area contributed by atoms with E-state index in [4.69, 9.17) is 9.47 Å². The SMILES string of the molecule is COc1cc(C=CC(=O)O[C@@H]2C[C@@H]3[C@H](CN(C)C[C@H]3C)[C@@H]2C)ccc1O. The number of rotatable bonds is 4. The fraction of sp³-hybridized carbons (Fsp3) is 0.571. The van der Waals surface area contributed by atoms with Gasteiger partial charge in [0.2, 0.25) is 0 Å². The molecule has 5 heteroatoms. The summed E-state index contributed by atoms with van der Waals surface area (Å²) in [5.74, 6) is 2.42. The van der Waals surface area contributed by atoms with E-state index in [0.29, 0.717) is 29.4 Å². The second kappa shape index (κ2) is 7.70. The fourth-order valence-corrected chi connectivity index (χ4v) is 4.65. The molecule has 1 aliphatic carbocycles. The maximum absolute atomic E-state index is 12.3. The van der Waals surface area contributed by atoms with Gasteiger partial charge in [0.05, 0.1) is 7.11 Å². The van der Waals surface area contributed by atoms with Crippen LogP contribution in [0.1, 0.15) is 25.8 Å². The highest BCUT2D eigenvalue weighted by molar-refractivity contribution is 5.87. The number of carbonyl (C=O) groups is 1. The highest BCUT2D eigenvalue weighted by atomic mass is 16.5. The molecule has 3 rings (SSSR count). The van der Waals surface area contributed by atoms with Crippen LogP contribution in [-0.4, -0.2) is 49.3 Å². The van der Waals surface area contributed by atoms with Crippen molar-refractivity contribution in [1.82, 2.24) is 4.90 Å². The van der Waals surface area contributed by atoms with E-state index in [0.717, 1.165) is 25.1 Å². The van der Waals surface area contributed by atoms with Crippen LogP contribution in [0.3, 0.4) is 0 Å². The standard InChI is InChI=1S/C21H29NO4/c1-13-11-22(3)12-17-14(2)19(10-16(13)17)26-21(24)8-6-15-5-7-18(23)20(9-15)25-4/h5-9,13-14,16-17,19,23H,10-12H2,1-4H3/t13-,14+,16+,17-,19-/m1/s1. The van der Waals surface area contributed by atoms with Gasteiger partial charge in [0.15, 0.2) is 11.5 Å². The minimum Gasteiger partial charge on any atom is -0.504 e. The number of ether oxygens (including phenoxy) is 2. The molecule has 1 aliphatic heterocycles. The molecule has 142 valence electrons. The van der Waals surface area contributed by atoms with Crippen LogP contribution in [0.4, 0.5) is 0 Å². The number of phenolic OH excluding ortho intramolecular Hbond substituents is 1. The summed E-state index contributed by atoms with van der Waals surface area (Å²) in [7, 11) is 3.67. The molecule has 26 heavy (non-hydrogen) atoms. The van der Waals surface area contributed by atoms with Gasteiger partial charge in [0.1, 0.15) is 6.10 Å². The third-order valence-corrected chi connectivity index (χ3v) is 6.05. The maximum Gasteiger partial charge on any atom is 0.331 e. The Morgan fingerprint density at radius 2 is 2.04 bits per heavy atom. The highest BCUT2D eigenvalue weighted by Crippen LogP contribution is 2.45. The van der Waals surface area contributed by atoms with Gasteiger partial charge in [-0.2, -0.15) is 0 Å². The number of nitrogens with zero attached hydrogens (tertiary/aromatic N) is 1. The lowest BCUT2D eigenvalue weighted by atomic mass is 9.79. The van der Waals surface area contributed by atoms with Crippen molar-refractivity contribution < 1.29 is 19.4 Å². The van der Waals surface area contributed by atoms with Crippen LogP contribution in [0.2, 0.25) is 0 Å². The van der Waals surface area contributed by atoms with Crippen molar-refractivity contribution in [1.29, 1.82) is 0 Å². The molecule has 2 aliphatic rings. The van der Waals surface area contributed by atoms with Crippen LogP contribution in [-0.2, 0) is 9.53 Å². The van der Waals surface area contributed by atoms with Crippen molar-refractivity contribution >= 4 is 12.0 Å². The summed E-state index contributed by atoms with van der Waals surface area (Å²) in [4.78, 5) is 14.7. The van der Waals surface area contributed by atoms with Gasteiger partial charge in [-0.3, -0.25) is 0 Å². The molecule has 1 saturated heterocycles. The summed E-state index contributed by atoms with van der Waals surface area (Å²) in [6.45, 7) is 6.73. The van der Waals surface area contributed by atoms with E-state index >= 15 is 0 Å². The van der Waals surface area contributed by atoms with E-state index in [-0.39, 0.29) is 17.8 Å². The van der Waals surface area contributed by atoms with Gasteiger partial charge in [-0.15, -0.1) is 0 Å². The molecule has 1 aromatic rings. The van der Waals surface area contributed by atoms with Gasteiger partial charge < -0.3 is 19.5 Å². The van der Waals surface area contributed by atoms with E-state index < -0.39 is 0 Å². The number of piperidine rings is 1. The van der Waals surface area contributed by atoms with Gasteiger partial charge in [0.25, 0.3) is 0 Å². The van der Waals surface area contributed by atoms with Gasteiger partial charge in [0, 0.05) is 19.2 Å². The molecule has 5 atom stereocenters. The van der Waals surface area contributed by atoms with Crippen molar-refractivity contribution in [3.63, 3.8) is 0 Å². The molecule has 0 bridgehead atoms. The Kier molecular flexibility index (Phi) is 5.56. The van der Waals surface area contributed by atoms with Crippen LogP contribution in [0.5, 0.6) is 11.5 Å². The molecule has 1 saturated carbocycles. The minimum absolute atomic E-state index is 0.00884. The third kappa shape index (κ3) is 3.88. The van der Waals surface area contributed by atoms with Crippen molar-refractivity contribution in [2.75, 3.05) is 27.2 Å². The number of hydrogen-bond donors (Lipinski definition) is 1. The number of likely N-dealkylation sites (tertiary alicyclic amines) is 1. The van der Waals surface area contributed by atoms with Gasteiger partial charge in [-0.05, 0) is 60.9 Å². The number of carbonyl (C=O) groups excluding carboxylic acids is 1. The van der Waals surface area contributed by atoms with Crippen LogP contribution < -0.4 is 4.74 Å². The van der Waals surface area contributed by atoms with Crippen molar-refractivity contribution in [3.05, 3.63) is 29.8 Å². The molecule has 0 aromatic heterocycles. The quantitative estimate of drug-likeness (QED) is 0.661. The molecule has 2 fully saturated rings. The van der Waals surface area contributed by atoms with Crippen molar-refractivity contribution in [3.8, 4) is 11.5 Å². The minimum atomic E-state index is -0.312. The smallest absolute Gasteiger partial charge is 0.331 e. The molecule has 1 aromatic carbocycles. The molecule has 1 N–H and O–H groups in total. The Balaban J connectivity index is 1.61. The summed E-state index contributed by atoms with van der Waals surface area (Å²) < 4.78 is 10.9. The molecule has 0 amide bonds. The summed E-state index contributed by atoms with van der Waals surface area (Å²) >= 11 is 0. The fourth-order valence-electron chi connectivity index (χ4n) is 4.65. The lowest BCUT2D eigenvalue weighted by Crippen LogP contribution is -2.42. The molecular formula is C21H29NO4. The maximum atomic E-state index is 12.3.